The maximum Gasteiger partial charge on any atom is 0.113 e. The zero-order valence-corrected chi connectivity index (χ0v) is 20.3. The van der Waals surface area contributed by atoms with Crippen LogP contribution in [0.3, 0.4) is 0 Å². The van der Waals surface area contributed by atoms with E-state index in [1.54, 1.807) is 5.70 Å². The summed E-state index contributed by atoms with van der Waals surface area (Å²) in [6.45, 7) is 4.70. The lowest BCUT2D eigenvalue weighted by Crippen LogP contribution is -2.45. The van der Waals surface area contributed by atoms with Crippen molar-refractivity contribution >= 4 is 5.69 Å². The molecule has 0 amide bonds. The van der Waals surface area contributed by atoms with Gasteiger partial charge in [0, 0.05) is 17.6 Å². The van der Waals surface area contributed by atoms with E-state index in [4.69, 9.17) is 0 Å². The first-order valence-electron chi connectivity index (χ1n) is 13.3. The Bertz CT molecular complexity index is 1060. The molecule has 2 saturated carbocycles. The van der Waals surface area contributed by atoms with Crippen LogP contribution in [-0.2, 0) is 5.41 Å². The molecule has 2 fully saturated rings. The number of aryl methyl sites for hydroxylation is 1. The van der Waals surface area contributed by atoms with Gasteiger partial charge in [0.05, 0.1) is 11.1 Å². The monoisotopic (exact) mass is 438 g/mol. The number of allylic oxidation sites excluding steroid dienone is 2. The Hall–Kier alpha value is -2.48. The molecule has 33 heavy (non-hydrogen) atoms. The van der Waals surface area contributed by atoms with Crippen LogP contribution in [0.4, 0.5) is 5.69 Å². The third-order valence-electron chi connectivity index (χ3n) is 9.10. The molecule has 0 radical (unpaired) electrons. The molecule has 2 aliphatic carbocycles. The Kier molecular flexibility index (Phi) is 5.35. The van der Waals surface area contributed by atoms with Gasteiger partial charge < -0.3 is 9.80 Å². The van der Waals surface area contributed by atoms with Crippen LogP contribution >= 0.6 is 0 Å². The summed E-state index contributed by atoms with van der Waals surface area (Å²) in [5.74, 6) is 1.40. The van der Waals surface area contributed by atoms with E-state index < -0.39 is 0 Å². The van der Waals surface area contributed by atoms with Crippen LogP contribution in [-0.4, -0.2) is 11.1 Å². The van der Waals surface area contributed by atoms with Crippen LogP contribution in [0.2, 0.25) is 0 Å². The average molecular weight is 439 g/mol. The van der Waals surface area contributed by atoms with Crippen LogP contribution in [0.15, 0.2) is 78.3 Å². The standard InChI is InChI=1S/C31H38N2/c1-23-13-9-12-20-28(23)33-24(2)29-31(27-18-10-11-19-27,26-16-7-4-8-17-26)21-22-32(29)30(33)25-14-5-3-6-15-25/h4,7-9,12-13,16-17,20-22,25,27,30H,3,5-6,10-11,14-15,18-19H2,1-2H3. The molecule has 0 aromatic heterocycles. The molecule has 2 aromatic carbocycles. The van der Waals surface area contributed by atoms with Crippen LogP contribution < -0.4 is 4.90 Å². The number of para-hydroxylation sites is 1. The summed E-state index contributed by atoms with van der Waals surface area (Å²) in [5, 5.41) is 0. The molecule has 2 aromatic rings. The van der Waals surface area contributed by atoms with E-state index in [-0.39, 0.29) is 5.41 Å². The van der Waals surface area contributed by atoms with Gasteiger partial charge in [0.1, 0.15) is 6.17 Å². The maximum atomic E-state index is 2.73. The molecule has 2 aliphatic heterocycles. The summed E-state index contributed by atoms with van der Waals surface area (Å²) in [7, 11) is 0. The molecule has 2 atom stereocenters. The maximum absolute atomic E-state index is 2.73. The minimum absolute atomic E-state index is 0.00615. The summed E-state index contributed by atoms with van der Waals surface area (Å²) in [4.78, 5) is 5.46. The zero-order chi connectivity index (χ0) is 22.4. The SMILES string of the molecule is CC1=C2N(C=CC2(c2ccccc2)C2CCCC2)C(C2CCCCC2)N1c1ccccc1C. The van der Waals surface area contributed by atoms with Gasteiger partial charge in [-0.3, -0.25) is 0 Å². The average Bonchev–Trinajstić information content (AvgIpc) is 3.58. The molecule has 2 unspecified atom stereocenters. The highest BCUT2D eigenvalue weighted by atomic mass is 15.4. The summed E-state index contributed by atoms with van der Waals surface area (Å²) < 4.78 is 0. The second kappa shape index (κ2) is 8.38. The zero-order valence-electron chi connectivity index (χ0n) is 20.3. The fraction of sp³-hybridized carbons (Fsp3) is 0.484. The molecule has 0 saturated heterocycles. The number of nitrogens with zero attached hydrogens (tertiary/aromatic N) is 2. The number of anilines is 1. The first-order valence-corrected chi connectivity index (χ1v) is 13.3. The van der Waals surface area contributed by atoms with E-state index in [2.05, 4.69) is 90.5 Å². The number of benzene rings is 2. The third-order valence-corrected chi connectivity index (χ3v) is 9.10. The van der Waals surface area contributed by atoms with Crippen LogP contribution in [0.25, 0.3) is 0 Å². The molecular formula is C31H38N2. The van der Waals surface area contributed by atoms with Gasteiger partial charge >= 0.3 is 0 Å². The van der Waals surface area contributed by atoms with Crippen LogP contribution in [0, 0.1) is 18.8 Å². The first-order chi connectivity index (χ1) is 16.2. The van der Waals surface area contributed by atoms with E-state index in [0.717, 1.165) is 0 Å². The van der Waals surface area contributed by atoms with E-state index in [1.165, 1.54) is 80.3 Å². The van der Waals surface area contributed by atoms with Crippen molar-refractivity contribution in [3.8, 4) is 0 Å². The molecule has 0 bridgehead atoms. The molecular weight excluding hydrogens is 400 g/mol. The van der Waals surface area contributed by atoms with E-state index in [0.29, 0.717) is 18.0 Å². The Morgan fingerprint density at radius 1 is 0.758 bits per heavy atom. The van der Waals surface area contributed by atoms with E-state index in [1.807, 2.05) is 0 Å². The number of rotatable bonds is 4. The molecule has 0 spiro atoms. The Labute approximate surface area is 200 Å². The van der Waals surface area contributed by atoms with Crippen molar-refractivity contribution < 1.29 is 0 Å². The minimum Gasteiger partial charge on any atom is -0.328 e. The summed E-state index contributed by atoms with van der Waals surface area (Å²) in [6, 6.07) is 20.5. The van der Waals surface area contributed by atoms with Crippen molar-refractivity contribution in [1.82, 2.24) is 4.90 Å². The van der Waals surface area contributed by atoms with Crippen molar-refractivity contribution in [2.75, 3.05) is 4.90 Å². The Balaban J connectivity index is 1.54. The van der Waals surface area contributed by atoms with Crippen molar-refractivity contribution in [2.24, 2.45) is 11.8 Å². The van der Waals surface area contributed by atoms with Gasteiger partial charge in [-0.2, -0.15) is 0 Å². The topological polar surface area (TPSA) is 6.48 Å². The van der Waals surface area contributed by atoms with E-state index in [9.17, 15) is 0 Å². The van der Waals surface area contributed by atoms with Crippen molar-refractivity contribution in [2.45, 2.75) is 83.2 Å². The van der Waals surface area contributed by atoms with Crippen molar-refractivity contribution in [3.63, 3.8) is 0 Å². The minimum atomic E-state index is 0.00615. The van der Waals surface area contributed by atoms with Gasteiger partial charge in [-0.25, -0.2) is 0 Å². The Morgan fingerprint density at radius 3 is 2.15 bits per heavy atom. The molecule has 2 heteroatoms. The second-order valence-electron chi connectivity index (χ2n) is 10.8. The van der Waals surface area contributed by atoms with Crippen molar-refractivity contribution in [3.05, 3.63) is 89.4 Å². The molecule has 2 nitrogen and oxygen atoms in total. The largest absolute Gasteiger partial charge is 0.328 e. The van der Waals surface area contributed by atoms with Crippen molar-refractivity contribution in [1.29, 1.82) is 0 Å². The highest BCUT2D eigenvalue weighted by Crippen LogP contribution is 2.57. The number of fused-ring (bicyclic) bond motifs is 1. The smallest absolute Gasteiger partial charge is 0.113 e. The molecule has 4 aliphatic rings. The normalized spacial score (nSPS) is 28.2. The number of hydrogen-bond acceptors (Lipinski definition) is 2. The predicted octanol–water partition coefficient (Wildman–Crippen LogP) is 7.91. The number of hydrogen-bond donors (Lipinski definition) is 0. The first kappa shape index (κ1) is 21.1. The lowest BCUT2D eigenvalue weighted by molar-refractivity contribution is 0.202. The molecule has 6 rings (SSSR count). The highest BCUT2D eigenvalue weighted by molar-refractivity contribution is 5.65. The van der Waals surface area contributed by atoms with Crippen LogP contribution in [0.5, 0.6) is 0 Å². The second-order valence-corrected chi connectivity index (χ2v) is 10.8. The summed E-state index contributed by atoms with van der Waals surface area (Å²) >= 11 is 0. The fourth-order valence-corrected chi connectivity index (χ4v) is 7.63. The van der Waals surface area contributed by atoms with Gasteiger partial charge in [-0.05, 0) is 68.6 Å². The quantitative estimate of drug-likeness (QED) is 0.478. The lowest BCUT2D eigenvalue weighted by Gasteiger charge is -2.41. The van der Waals surface area contributed by atoms with E-state index >= 15 is 0 Å². The predicted molar refractivity (Wildman–Crippen MR) is 138 cm³/mol. The van der Waals surface area contributed by atoms with Gasteiger partial charge in [-0.15, -0.1) is 0 Å². The van der Waals surface area contributed by atoms with Gasteiger partial charge in [0.15, 0.2) is 0 Å². The fourth-order valence-electron chi connectivity index (χ4n) is 7.63. The molecule has 172 valence electrons. The molecule has 0 N–H and O–H groups in total. The van der Waals surface area contributed by atoms with Crippen LogP contribution in [0.1, 0.15) is 75.8 Å². The van der Waals surface area contributed by atoms with Gasteiger partial charge in [-0.1, -0.05) is 86.7 Å². The molecule has 2 heterocycles. The third kappa shape index (κ3) is 3.21. The Morgan fingerprint density at radius 2 is 1.42 bits per heavy atom. The highest BCUT2D eigenvalue weighted by Gasteiger charge is 2.55. The lowest BCUT2D eigenvalue weighted by atomic mass is 9.67. The summed E-state index contributed by atoms with van der Waals surface area (Å²) in [6.07, 6.45) is 17.7. The summed E-state index contributed by atoms with van der Waals surface area (Å²) in [5.41, 5.74) is 7.31. The van der Waals surface area contributed by atoms with Gasteiger partial charge in [0.2, 0.25) is 0 Å². The van der Waals surface area contributed by atoms with Gasteiger partial charge in [0.25, 0.3) is 0 Å².